The average Bonchev–Trinajstić information content (AvgIpc) is 2.06. The summed E-state index contributed by atoms with van der Waals surface area (Å²) >= 11 is 2.84. The third-order valence-electron chi connectivity index (χ3n) is 1.44. The lowest BCUT2D eigenvalue weighted by atomic mass is 10.2. The van der Waals surface area contributed by atoms with E-state index in [9.17, 15) is 4.39 Å². The molecule has 12 heavy (non-hydrogen) atoms. The monoisotopic (exact) mass is 232 g/mol. The molecule has 1 unspecified atom stereocenters. The van der Waals surface area contributed by atoms with Crippen molar-refractivity contribution in [3.8, 4) is 5.75 Å². The van der Waals surface area contributed by atoms with Crippen molar-refractivity contribution in [2.24, 2.45) is 0 Å². The number of benzene rings is 1. The van der Waals surface area contributed by atoms with Crippen molar-refractivity contribution in [3.05, 3.63) is 29.8 Å². The van der Waals surface area contributed by atoms with E-state index in [-0.39, 0.29) is 0 Å². The topological polar surface area (TPSA) is 9.23 Å². The number of halogens is 2. The van der Waals surface area contributed by atoms with E-state index >= 15 is 0 Å². The van der Waals surface area contributed by atoms with Crippen LogP contribution in [0.1, 0.15) is 17.6 Å². The average molecular weight is 233 g/mol. The van der Waals surface area contributed by atoms with Crippen LogP contribution in [0.3, 0.4) is 0 Å². The Morgan fingerprint density at radius 1 is 1.42 bits per heavy atom. The molecule has 1 nitrogen and oxygen atoms in total. The minimum atomic E-state index is -1.09. The van der Waals surface area contributed by atoms with Crippen molar-refractivity contribution in [3.63, 3.8) is 0 Å². The van der Waals surface area contributed by atoms with E-state index in [4.69, 9.17) is 4.74 Å². The lowest BCUT2D eigenvalue weighted by Crippen LogP contribution is -1.91. The molecule has 0 fully saturated rings. The van der Waals surface area contributed by atoms with Crippen LogP contribution in [0.4, 0.5) is 4.39 Å². The molecule has 0 radical (unpaired) electrons. The minimum Gasteiger partial charge on any atom is -0.494 e. The normalized spacial score (nSPS) is 12.6. The second kappa shape index (κ2) is 4.45. The molecule has 1 rings (SSSR count). The van der Waals surface area contributed by atoms with Crippen molar-refractivity contribution in [2.75, 3.05) is 6.61 Å². The summed E-state index contributed by atoms with van der Waals surface area (Å²) in [6.45, 7) is 2.54. The van der Waals surface area contributed by atoms with Gasteiger partial charge in [0.05, 0.1) is 6.61 Å². The van der Waals surface area contributed by atoms with Crippen LogP contribution >= 0.6 is 15.9 Å². The number of hydrogen-bond acceptors (Lipinski definition) is 1. The van der Waals surface area contributed by atoms with E-state index in [0.29, 0.717) is 12.2 Å². The fraction of sp³-hybridized carbons (Fsp3) is 0.333. The van der Waals surface area contributed by atoms with Crippen LogP contribution in [0, 0.1) is 0 Å². The van der Waals surface area contributed by atoms with Gasteiger partial charge in [-0.3, -0.25) is 0 Å². The van der Waals surface area contributed by atoms with E-state index in [1.54, 1.807) is 24.3 Å². The summed E-state index contributed by atoms with van der Waals surface area (Å²) in [5.41, 5.74) is 0.610. The Balaban J connectivity index is 2.71. The maximum absolute atomic E-state index is 12.6. The Hall–Kier alpha value is -0.570. The van der Waals surface area contributed by atoms with Crippen LogP contribution in [0.15, 0.2) is 24.3 Å². The van der Waals surface area contributed by atoms with Crippen molar-refractivity contribution in [2.45, 2.75) is 12.0 Å². The van der Waals surface area contributed by atoms with Gasteiger partial charge in [0, 0.05) is 0 Å². The molecule has 0 aliphatic carbocycles. The number of alkyl halides is 2. The molecule has 0 bridgehead atoms. The van der Waals surface area contributed by atoms with E-state index in [1.165, 1.54) is 0 Å². The molecule has 0 saturated heterocycles. The minimum absolute atomic E-state index is 0.610. The molecule has 0 spiro atoms. The van der Waals surface area contributed by atoms with Crippen molar-refractivity contribution < 1.29 is 9.13 Å². The zero-order chi connectivity index (χ0) is 8.97. The molecule has 0 aromatic heterocycles. The zero-order valence-electron chi connectivity index (χ0n) is 6.76. The predicted molar refractivity (Wildman–Crippen MR) is 50.4 cm³/mol. The Bertz CT molecular complexity index is 233. The highest BCUT2D eigenvalue weighted by Crippen LogP contribution is 2.25. The lowest BCUT2D eigenvalue weighted by molar-refractivity contribution is 0.340. The Morgan fingerprint density at radius 2 is 2.00 bits per heavy atom. The second-order valence-corrected chi connectivity index (χ2v) is 3.11. The van der Waals surface area contributed by atoms with Gasteiger partial charge in [-0.2, -0.15) is 0 Å². The van der Waals surface area contributed by atoms with E-state index in [2.05, 4.69) is 15.9 Å². The molecule has 66 valence electrons. The van der Waals surface area contributed by atoms with E-state index in [0.717, 1.165) is 5.75 Å². The first-order chi connectivity index (χ1) is 5.74. The SMILES string of the molecule is CCOc1ccc(C(F)Br)cc1. The molecule has 1 aromatic carbocycles. The van der Waals surface area contributed by atoms with E-state index in [1.807, 2.05) is 6.92 Å². The van der Waals surface area contributed by atoms with Crippen LogP contribution < -0.4 is 4.74 Å². The molecule has 0 N–H and O–H groups in total. The third-order valence-corrected chi connectivity index (χ3v) is 1.97. The largest absolute Gasteiger partial charge is 0.494 e. The Morgan fingerprint density at radius 3 is 2.42 bits per heavy atom. The smallest absolute Gasteiger partial charge is 0.180 e. The highest BCUT2D eigenvalue weighted by molar-refractivity contribution is 9.09. The quantitative estimate of drug-likeness (QED) is 0.726. The summed E-state index contributed by atoms with van der Waals surface area (Å²) in [6, 6.07) is 6.91. The summed E-state index contributed by atoms with van der Waals surface area (Å²) in [5.74, 6) is 0.773. The van der Waals surface area contributed by atoms with Crippen molar-refractivity contribution >= 4 is 15.9 Å². The van der Waals surface area contributed by atoms with Gasteiger partial charge in [0.25, 0.3) is 0 Å². The summed E-state index contributed by atoms with van der Waals surface area (Å²) in [6.07, 6.45) is 0. The van der Waals surface area contributed by atoms with Crippen LogP contribution in [-0.2, 0) is 0 Å². The summed E-state index contributed by atoms with van der Waals surface area (Å²) < 4.78 is 17.8. The van der Waals surface area contributed by atoms with E-state index < -0.39 is 5.08 Å². The van der Waals surface area contributed by atoms with Crippen molar-refractivity contribution in [1.29, 1.82) is 0 Å². The van der Waals surface area contributed by atoms with Gasteiger partial charge in [-0.1, -0.05) is 12.1 Å². The molecule has 3 heteroatoms. The highest BCUT2D eigenvalue weighted by atomic mass is 79.9. The third kappa shape index (κ3) is 2.48. The summed E-state index contributed by atoms with van der Waals surface area (Å²) in [5, 5.41) is -1.09. The zero-order valence-corrected chi connectivity index (χ0v) is 8.34. The molecule has 1 atom stereocenters. The number of rotatable bonds is 3. The first kappa shape index (κ1) is 9.52. The lowest BCUT2D eigenvalue weighted by Gasteiger charge is -2.04. The van der Waals surface area contributed by atoms with Crippen LogP contribution in [0.25, 0.3) is 0 Å². The summed E-state index contributed by atoms with van der Waals surface area (Å²) in [4.78, 5) is 0. The first-order valence-corrected chi connectivity index (χ1v) is 4.66. The van der Waals surface area contributed by atoms with Gasteiger partial charge in [0.15, 0.2) is 5.08 Å². The van der Waals surface area contributed by atoms with Gasteiger partial charge >= 0.3 is 0 Å². The van der Waals surface area contributed by atoms with Crippen molar-refractivity contribution in [1.82, 2.24) is 0 Å². The number of ether oxygens (including phenoxy) is 1. The molecule has 0 saturated carbocycles. The fourth-order valence-corrected chi connectivity index (χ4v) is 1.18. The molecule has 1 aromatic rings. The van der Waals surface area contributed by atoms with Gasteiger partial charge in [-0.15, -0.1) is 0 Å². The molecule has 0 aliphatic heterocycles. The molecule has 0 amide bonds. The standard InChI is InChI=1S/C9H10BrFO/c1-2-12-8-5-3-7(4-6-8)9(10)11/h3-6,9H,2H2,1H3. The van der Waals surface area contributed by atoms with Gasteiger partial charge in [0.1, 0.15) is 5.75 Å². The number of hydrogen-bond donors (Lipinski definition) is 0. The maximum Gasteiger partial charge on any atom is 0.180 e. The molecular formula is C9H10BrFO. The van der Waals surface area contributed by atoms with Crippen LogP contribution in [0.5, 0.6) is 5.75 Å². The summed E-state index contributed by atoms with van der Waals surface area (Å²) in [7, 11) is 0. The Labute approximate surface area is 79.7 Å². The van der Waals surface area contributed by atoms with Gasteiger partial charge in [-0.05, 0) is 40.5 Å². The first-order valence-electron chi connectivity index (χ1n) is 3.75. The highest BCUT2D eigenvalue weighted by Gasteiger charge is 2.03. The van der Waals surface area contributed by atoms with Gasteiger partial charge in [-0.25, -0.2) is 4.39 Å². The molecule has 0 heterocycles. The molecule has 0 aliphatic rings. The second-order valence-electron chi connectivity index (χ2n) is 2.30. The predicted octanol–water partition coefficient (Wildman–Crippen LogP) is 3.45. The van der Waals surface area contributed by atoms with Gasteiger partial charge in [0.2, 0.25) is 0 Å². The Kier molecular flexibility index (Phi) is 3.53. The van der Waals surface area contributed by atoms with Gasteiger partial charge < -0.3 is 4.74 Å². The fourth-order valence-electron chi connectivity index (χ4n) is 0.876. The van der Waals surface area contributed by atoms with Crippen LogP contribution in [-0.4, -0.2) is 6.61 Å². The molecular weight excluding hydrogens is 223 g/mol. The maximum atomic E-state index is 12.6. The van der Waals surface area contributed by atoms with Crippen LogP contribution in [0.2, 0.25) is 0 Å².